The fraction of sp³-hybridized carbons (Fsp3) is 0.167. The second kappa shape index (κ2) is 5.01. The number of nitrogens with zero attached hydrogens (tertiary/aromatic N) is 1. The molecule has 0 aliphatic heterocycles. The Morgan fingerprint density at radius 2 is 2.35 bits per heavy atom. The zero-order chi connectivity index (χ0) is 12.3. The Bertz CT molecular complexity index is 523. The summed E-state index contributed by atoms with van der Waals surface area (Å²) in [5, 5.41) is 2.64. The van der Waals surface area contributed by atoms with Crippen LogP contribution in [-0.4, -0.2) is 10.9 Å². The number of hydrogen-bond donors (Lipinski definition) is 1. The highest BCUT2D eigenvalue weighted by Crippen LogP contribution is 2.17. The number of aromatic nitrogens is 1. The minimum absolute atomic E-state index is 0.240. The average Bonchev–Trinajstić information content (AvgIpc) is 2.72. The number of nitrogens with one attached hydrogen (secondary N) is 1. The van der Waals surface area contributed by atoms with Crippen LogP contribution in [-0.2, 0) is 5.88 Å². The maximum absolute atomic E-state index is 11.8. The fourth-order valence-corrected chi connectivity index (χ4v) is 1.64. The van der Waals surface area contributed by atoms with Gasteiger partial charge in [-0.2, -0.15) is 0 Å². The van der Waals surface area contributed by atoms with Crippen molar-refractivity contribution in [3.8, 4) is 0 Å². The van der Waals surface area contributed by atoms with E-state index in [1.165, 1.54) is 0 Å². The Labute approximate surface area is 104 Å². The standard InChI is InChI=1S/C12H11ClN2O2/c1-8-9(7-13)6-10(17-8)12(16)15-11-4-2-3-5-14-11/h2-6H,7H2,1H3,(H,14,15,16). The largest absolute Gasteiger partial charge is 0.456 e. The molecule has 0 spiro atoms. The van der Waals surface area contributed by atoms with Gasteiger partial charge in [0.2, 0.25) is 0 Å². The number of anilines is 1. The molecule has 17 heavy (non-hydrogen) atoms. The SMILES string of the molecule is Cc1oc(C(=O)Nc2ccccn2)cc1CCl. The summed E-state index contributed by atoms with van der Waals surface area (Å²) in [5.74, 6) is 1.38. The van der Waals surface area contributed by atoms with Gasteiger partial charge in [-0.3, -0.25) is 4.79 Å². The number of aryl methyl sites for hydroxylation is 1. The summed E-state index contributed by atoms with van der Waals surface area (Å²) in [6, 6.07) is 6.91. The number of carbonyl (C=O) groups is 1. The number of alkyl halides is 1. The highest BCUT2D eigenvalue weighted by molar-refractivity contribution is 6.17. The van der Waals surface area contributed by atoms with Crippen LogP contribution in [0.3, 0.4) is 0 Å². The highest BCUT2D eigenvalue weighted by Gasteiger charge is 2.14. The molecule has 0 bridgehead atoms. The quantitative estimate of drug-likeness (QED) is 0.852. The topological polar surface area (TPSA) is 55.1 Å². The summed E-state index contributed by atoms with van der Waals surface area (Å²) >= 11 is 5.71. The van der Waals surface area contributed by atoms with Crippen LogP contribution in [0.15, 0.2) is 34.9 Å². The van der Waals surface area contributed by atoms with Gasteiger partial charge in [0.1, 0.15) is 11.6 Å². The first-order chi connectivity index (χ1) is 8.20. The monoisotopic (exact) mass is 250 g/mol. The van der Waals surface area contributed by atoms with Gasteiger partial charge < -0.3 is 9.73 Å². The number of hydrogen-bond acceptors (Lipinski definition) is 3. The van der Waals surface area contributed by atoms with Crippen LogP contribution >= 0.6 is 11.6 Å². The van der Waals surface area contributed by atoms with E-state index in [-0.39, 0.29) is 11.7 Å². The second-order valence-electron chi connectivity index (χ2n) is 3.49. The number of carbonyl (C=O) groups excluding carboxylic acids is 1. The maximum Gasteiger partial charge on any atom is 0.292 e. The summed E-state index contributed by atoms with van der Waals surface area (Å²) in [6.07, 6.45) is 1.60. The second-order valence-corrected chi connectivity index (χ2v) is 3.76. The summed E-state index contributed by atoms with van der Waals surface area (Å²) in [5.41, 5.74) is 0.817. The van der Waals surface area contributed by atoms with E-state index in [4.69, 9.17) is 16.0 Å². The number of furan rings is 1. The molecule has 1 amide bonds. The molecule has 0 fully saturated rings. The van der Waals surface area contributed by atoms with Gasteiger partial charge in [-0.15, -0.1) is 11.6 Å². The zero-order valence-electron chi connectivity index (χ0n) is 9.24. The first-order valence-electron chi connectivity index (χ1n) is 5.08. The van der Waals surface area contributed by atoms with E-state index in [2.05, 4.69) is 10.3 Å². The Kier molecular flexibility index (Phi) is 3.44. The van der Waals surface area contributed by atoms with Gasteiger partial charge in [-0.05, 0) is 25.1 Å². The Morgan fingerprint density at radius 3 is 2.94 bits per heavy atom. The predicted octanol–water partition coefficient (Wildman–Crippen LogP) is 2.97. The molecule has 2 aromatic rings. The number of halogens is 1. The van der Waals surface area contributed by atoms with Crippen LogP contribution in [0.5, 0.6) is 0 Å². The summed E-state index contributed by atoms with van der Waals surface area (Å²) in [7, 11) is 0. The summed E-state index contributed by atoms with van der Waals surface area (Å²) in [6.45, 7) is 1.77. The van der Waals surface area contributed by atoms with Crippen LogP contribution in [0.1, 0.15) is 21.9 Å². The molecular formula is C12H11ClN2O2. The van der Waals surface area contributed by atoms with Gasteiger partial charge in [-0.1, -0.05) is 6.07 Å². The smallest absolute Gasteiger partial charge is 0.292 e. The number of amides is 1. The first kappa shape index (κ1) is 11.7. The van der Waals surface area contributed by atoms with Crippen molar-refractivity contribution in [3.63, 3.8) is 0 Å². The Hall–Kier alpha value is -1.81. The van der Waals surface area contributed by atoms with E-state index in [0.29, 0.717) is 17.5 Å². The molecule has 5 heteroatoms. The van der Waals surface area contributed by atoms with Crippen LogP contribution in [0.2, 0.25) is 0 Å². The van der Waals surface area contributed by atoms with Gasteiger partial charge >= 0.3 is 0 Å². The van der Waals surface area contributed by atoms with E-state index < -0.39 is 0 Å². The van der Waals surface area contributed by atoms with Crippen molar-refractivity contribution in [2.24, 2.45) is 0 Å². The van der Waals surface area contributed by atoms with Crippen LogP contribution in [0.4, 0.5) is 5.82 Å². The van der Waals surface area contributed by atoms with Gasteiger partial charge in [0.05, 0.1) is 5.88 Å². The number of pyridine rings is 1. The molecule has 88 valence electrons. The van der Waals surface area contributed by atoms with Crippen LogP contribution in [0.25, 0.3) is 0 Å². The maximum atomic E-state index is 11.8. The summed E-state index contributed by atoms with van der Waals surface area (Å²) in [4.78, 5) is 15.8. The van der Waals surface area contributed by atoms with E-state index in [9.17, 15) is 4.79 Å². The molecule has 2 heterocycles. The third-order valence-corrected chi connectivity index (χ3v) is 2.58. The lowest BCUT2D eigenvalue weighted by atomic mass is 10.3. The van der Waals surface area contributed by atoms with Crippen molar-refractivity contribution < 1.29 is 9.21 Å². The summed E-state index contributed by atoms with van der Waals surface area (Å²) < 4.78 is 5.32. The van der Waals surface area contributed by atoms with Crippen molar-refractivity contribution in [2.45, 2.75) is 12.8 Å². The molecule has 0 aromatic carbocycles. The van der Waals surface area contributed by atoms with Gasteiger partial charge in [0, 0.05) is 11.8 Å². The van der Waals surface area contributed by atoms with Crippen LogP contribution in [0, 0.1) is 6.92 Å². The molecule has 0 saturated heterocycles. The molecule has 0 unspecified atom stereocenters. The lowest BCUT2D eigenvalue weighted by Gasteiger charge is -2.00. The van der Waals surface area contributed by atoms with E-state index >= 15 is 0 Å². The van der Waals surface area contributed by atoms with E-state index in [1.807, 2.05) is 0 Å². The molecule has 0 saturated carbocycles. The molecule has 0 aliphatic rings. The minimum Gasteiger partial charge on any atom is -0.456 e. The molecule has 2 rings (SSSR count). The molecule has 1 N–H and O–H groups in total. The minimum atomic E-state index is -0.330. The average molecular weight is 251 g/mol. The predicted molar refractivity (Wildman–Crippen MR) is 65.2 cm³/mol. The van der Waals surface area contributed by atoms with E-state index in [1.54, 1.807) is 37.4 Å². The van der Waals surface area contributed by atoms with Gasteiger partial charge in [-0.25, -0.2) is 4.98 Å². The lowest BCUT2D eigenvalue weighted by molar-refractivity contribution is 0.0995. The molecular weight excluding hydrogens is 240 g/mol. The molecule has 0 radical (unpaired) electrons. The zero-order valence-corrected chi connectivity index (χ0v) is 9.99. The van der Waals surface area contributed by atoms with Crippen LogP contribution < -0.4 is 5.32 Å². The fourth-order valence-electron chi connectivity index (χ4n) is 1.38. The Morgan fingerprint density at radius 1 is 1.53 bits per heavy atom. The normalized spacial score (nSPS) is 10.2. The van der Waals surface area contributed by atoms with Crippen molar-refractivity contribution in [2.75, 3.05) is 5.32 Å². The van der Waals surface area contributed by atoms with E-state index in [0.717, 1.165) is 5.56 Å². The third-order valence-electron chi connectivity index (χ3n) is 2.29. The van der Waals surface area contributed by atoms with Crippen molar-refractivity contribution in [3.05, 3.63) is 47.5 Å². The number of rotatable bonds is 3. The van der Waals surface area contributed by atoms with Gasteiger partial charge in [0.15, 0.2) is 5.76 Å². The van der Waals surface area contributed by atoms with Gasteiger partial charge in [0.25, 0.3) is 5.91 Å². The molecule has 2 aromatic heterocycles. The molecule has 0 aliphatic carbocycles. The highest BCUT2D eigenvalue weighted by atomic mass is 35.5. The lowest BCUT2D eigenvalue weighted by Crippen LogP contribution is -2.11. The van der Waals surface area contributed by atoms with Crippen molar-refractivity contribution in [1.29, 1.82) is 0 Å². The first-order valence-corrected chi connectivity index (χ1v) is 5.62. The Balaban J connectivity index is 2.15. The molecule has 4 nitrogen and oxygen atoms in total. The third kappa shape index (κ3) is 2.65. The van der Waals surface area contributed by atoms with Crippen molar-refractivity contribution in [1.82, 2.24) is 4.98 Å². The van der Waals surface area contributed by atoms with Crippen molar-refractivity contribution >= 4 is 23.3 Å². The molecule has 0 atom stereocenters.